The van der Waals surface area contributed by atoms with Crippen LogP contribution in [0, 0.1) is 0 Å². The summed E-state index contributed by atoms with van der Waals surface area (Å²) >= 11 is 1.79. The van der Waals surface area contributed by atoms with Gasteiger partial charge in [0.25, 0.3) is 0 Å². The average Bonchev–Trinajstić information content (AvgIpc) is 3.30. The van der Waals surface area contributed by atoms with Crippen LogP contribution >= 0.6 is 11.3 Å². The van der Waals surface area contributed by atoms with Crippen LogP contribution in [0.1, 0.15) is 0 Å². The Kier molecular flexibility index (Phi) is 2.79. The van der Waals surface area contributed by atoms with Crippen molar-refractivity contribution in [3.8, 4) is 5.69 Å². The molecule has 0 amide bonds. The lowest BCUT2D eigenvalue weighted by Gasteiger charge is -2.11. The molecular weight excluding hydrogens is 336 g/mol. The molecule has 6 rings (SSSR count). The molecule has 3 heteroatoms. The number of fused-ring (bicyclic) bond motifs is 6. The maximum atomic E-state index is 4.53. The Morgan fingerprint density at radius 1 is 0.692 bits per heavy atom. The smallest absolute Gasteiger partial charge is 0.0724 e. The van der Waals surface area contributed by atoms with Gasteiger partial charge in [-0.1, -0.05) is 48.5 Å². The number of nitrogens with zero attached hydrogens (tertiary/aromatic N) is 2. The van der Waals surface area contributed by atoms with Gasteiger partial charge in [-0.15, -0.1) is 11.3 Å². The maximum absolute atomic E-state index is 4.53. The second kappa shape index (κ2) is 5.16. The number of thiophene rings is 1. The standard InChI is InChI=1S/C23H14N2S/c1-2-6-16-15(5-1)13-24-14-21(16)25-20-8-4-3-7-17(20)18-9-10-22-19(23(18)25)11-12-26-22/h1-14H. The fourth-order valence-electron chi connectivity index (χ4n) is 4.03. The molecule has 26 heavy (non-hydrogen) atoms. The highest BCUT2D eigenvalue weighted by Gasteiger charge is 2.16. The van der Waals surface area contributed by atoms with Gasteiger partial charge in [-0.05, 0) is 23.6 Å². The monoisotopic (exact) mass is 350 g/mol. The van der Waals surface area contributed by atoms with Crippen LogP contribution in [-0.4, -0.2) is 9.55 Å². The van der Waals surface area contributed by atoms with Crippen LogP contribution in [0.15, 0.2) is 84.5 Å². The maximum Gasteiger partial charge on any atom is 0.0724 e. The number of hydrogen-bond acceptors (Lipinski definition) is 2. The van der Waals surface area contributed by atoms with E-state index in [4.69, 9.17) is 0 Å². The summed E-state index contributed by atoms with van der Waals surface area (Å²) in [6, 6.07) is 23.8. The number of aromatic nitrogens is 2. The van der Waals surface area contributed by atoms with Gasteiger partial charge >= 0.3 is 0 Å². The summed E-state index contributed by atoms with van der Waals surface area (Å²) in [6.07, 6.45) is 3.92. The van der Waals surface area contributed by atoms with Crippen LogP contribution in [0.2, 0.25) is 0 Å². The first-order chi connectivity index (χ1) is 12.9. The summed E-state index contributed by atoms with van der Waals surface area (Å²) in [5.41, 5.74) is 3.62. The summed E-state index contributed by atoms with van der Waals surface area (Å²) < 4.78 is 3.70. The normalized spacial score (nSPS) is 11.8. The van der Waals surface area contributed by atoms with E-state index in [9.17, 15) is 0 Å². The number of pyridine rings is 1. The van der Waals surface area contributed by atoms with Crippen molar-refractivity contribution in [3.05, 3.63) is 84.5 Å². The largest absolute Gasteiger partial charge is 0.306 e. The predicted molar refractivity (Wildman–Crippen MR) is 111 cm³/mol. The molecule has 3 aromatic heterocycles. The Bertz CT molecular complexity index is 1430. The number of hydrogen-bond donors (Lipinski definition) is 0. The molecule has 122 valence electrons. The third-order valence-corrected chi connectivity index (χ3v) is 6.04. The van der Waals surface area contributed by atoms with Crippen LogP contribution < -0.4 is 0 Å². The highest BCUT2D eigenvalue weighted by molar-refractivity contribution is 7.17. The molecule has 0 spiro atoms. The van der Waals surface area contributed by atoms with E-state index in [0.717, 1.165) is 11.1 Å². The Morgan fingerprint density at radius 2 is 1.54 bits per heavy atom. The minimum atomic E-state index is 1.13. The Labute approximate surface area is 153 Å². The molecular formula is C23H14N2S. The lowest BCUT2D eigenvalue weighted by molar-refractivity contribution is 1.17. The molecule has 3 aromatic carbocycles. The molecule has 6 aromatic rings. The zero-order chi connectivity index (χ0) is 17.1. The van der Waals surface area contributed by atoms with Crippen LogP contribution in [0.4, 0.5) is 0 Å². The zero-order valence-electron chi connectivity index (χ0n) is 13.9. The van der Waals surface area contributed by atoms with Crippen molar-refractivity contribution < 1.29 is 0 Å². The van der Waals surface area contributed by atoms with Crippen molar-refractivity contribution in [1.29, 1.82) is 0 Å². The molecule has 0 bridgehead atoms. The second-order valence-electron chi connectivity index (χ2n) is 6.53. The van der Waals surface area contributed by atoms with Gasteiger partial charge in [-0.2, -0.15) is 0 Å². The molecule has 0 fully saturated rings. The summed E-state index contributed by atoms with van der Waals surface area (Å²) in [5, 5.41) is 8.43. The number of rotatable bonds is 1. The molecule has 0 aliphatic rings. The second-order valence-corrected chi connectivity index (χ2v) is 7.47. The van der Waals surface area contributed by atoms with Gasteiger partial charge < -0.3 is 4.57 Å². The fraction of sp³-hybridized carbons (Fsp3) is 0. The molecule has 2 nitrogen and oxygen atoms in total. The quantitative estimate of drug-likeness (QED) is 0.329. The Hall–Kier alpha value is -3.17. The molecule has 0 atom stereocenters. The Balaban J connectivity index is 1.92. The first-order valence-electron chi connectivity index (χ1n) is 8.64. The summed E-state index contributed by atoms with van der Waals surface area (Å²) in [4.78, 5) is 4.53. The third kappa shape index (κ3) is 1.78. The van der Waals surface area contributed by atoms with Gasteiger partial charge in [0, 0.05) is 37.8 Å². The molecule has 0 saturated carbocycles. The lowest BCUT2D eigenvalue weighted by atomic mass is 10.1. The van der Waals surface area contributed by atoms with Crippen molar-refractivity contribution in [2.24, 2.45) is 0 Å². The first-order valence-corrected chi connectivity index (χ1v) is 9.52. The van der Waals surface area contributed by atoms with Crippen LogP contribution in [0.3, 0.4) is 0 Å². The van der Waals surface area contributed by atoms with E-state index in [1.165, 1.54) is 37.3 Å². The van der Waals surface area contributed by atoms with Gasteiger partial charge in [0.05, 0.1) is 22.9 Å². The minimum absolute atomic E-state index is 1.13. The van der Waals surface area contributed by atoms with E-state index in [2.05, 4.69) is 81.7 Å². The van der Waals surface area contributed by atoms with Crippen LogP contribution in [0.25, 0.3) is 48.4 Å². The van der Waals surface area contributed by atoms with Gasteiger partial charge in [0.15, 0.2) is 0 Å². The molecule has 0 radical (unpaired) electrons. The first kappa shape index (κ1) is 14.0. The summed E-state index contributed by atoms with van der Waals surface area (Å²) in [7, 11) is 0. The summed E-state index contributed by atoms with van der Waals surface area (Å²) in [6.45, 7) is 0. The van der Waals surface area contributed by atoms with E-state index < -0.39 is 0 Å². The zero-order valence-corrected chi connectivity index (χ0v) is 14.7. The van der Waals surface area contributed by atoms with Crippen molar-refractivity contribution in [2.45, 2.75) is 0 Å². The molecule has 3 heterocycles. The Morgan fingerprint density at radius 3 is 2.50 bits per heavy atom. The van der Waals surface area contributed by atoms with Gasteiger partial charge in [-0.25, -0.2) is 0 Å². The number of para-hydroxylation sites is 1. The van der Waals surface area contributed by atoms with E-state index in [1.54, 1.807) is 11.3 Å². The van der Waals surface area contributed by atoms with Crippen molar-refractivity contribution >= 4 is 54.0 Å². The van der Waals surface area contributed by atoms with E-state index in [-0.39, 0.29) is 0 Å². The van der Waals surface area contributed by atoms with Gasteiger partial charge in [0.2, 0.25) is 0 Å². The topological polar surface area (TPSA) is 17.8 Å². The predicted octanol–water partition coefficient (Wildman–Crippen LogP) is 6.55. The third-order valence-electron chi connectivity index (χ3n) is 5.15. The SMILES string of the molecule is c1ccc2c(-n3c4ccccc4c4ccc5sccc5c43)cncc2c1. The minimum Gasteiger partial charge on any atom is -0.306 e. The van der Waals surface area contributed by atoms with Gasteiger partial charge in [-0.3, -0.25) is 4.98 Å². The number of benzene rings is 3. The van der Waals surface area contributed by atoms with Gasteiger partial charge in [0.1, 0.15) is 0 Å². The molecule has 0 aliphatic heterocycles. The lowest BCUT2D eigenvalue weighted by Crippen LogP contribution is -1.96. The van der Waals surface area contributed by atoms with E-state index >= 15 is 0 Å². The molecule has 0 saturated heterocycles. The average molecular weight is 350 g/mol. The fourth-order valence-corrected chi connectivity index (χ4v) is 4.82. The molecule has 0 unspecified atom stereocenters. The van der Waals surface area contributed by atoms with E-state index in [1.807, 2.05) is 12.4 Å². The van der Waals surface area contributed by atoms with E-state index in [0.29, 0.717) is 0 Å². The van der Waals surface area contributed by atoms with Crippen LogP contribution in [0.5, 0.6) is 0 Å². The van der Waals surface area contributed by atoms with Crippen molar-refractivity contribution in [2.75, 3.05) is 0 Å². The highest BCUT2D eigenvalue weighted by atomic mass is 32.1. The molecule has 0 N–H and O–H groups in total. The summed E-state index contributed by atoms with van der Waals surface area (Å²) in [5.74, 6) is 0. The van der Waals surface area contributed by atoms with Crippen LogP contribution in [-0.2, 0) is 0 Å². The molecule has 0 aliphatic carbocycles. The van der Waals surface area contributed by atoms with Crippen molar-refractivity contribution in [1.82, 2.24) is 9.55 Å². The highest BCUT2D eigenvalue weighted by Crippen LogP contribution is 2.39. The van der Waals surface area contributed by atoms with Crippen molar-refractivity contribution in [3.63, 3.8) is 0 Å².